The first kappa shape index (κ1) is 13.4. The Morgan fingerprint density at radius 3 is 3.06 bits per heavy atom. The second-order valence-electron chi connectivity index (χ2n) is 4.26. The maximum atomic E-state index is 11.9. The van der Waals surface area contributed by atoms with Crippen LogP contribution in [0.2, 0.25) is 0 Å². The summed E-state index contributed by atoms with van der Waals surface area (Å²) in [6, 6.07) is 0.238. The normalized spacial score (nSPS) is 19.2. The highest BCUT2D eigenvalue weighted by molar-refractivity contribution is 5.04. The number of halogens is 2. The first-order valence-corrected chi connectivity index (χ1v) is 6.23. The third kappa shape index (κ3) is 3.02. The van der Waals surface area contributed by atoms with E-state index in [-0.39, 0.29) is 12.6 Å². The first-order valence-electron chi connectivity index (χ1n) is 6.23. The quantitative estimate of drug-likeness (QED) is 0.780. The number of aromatic nitrogens is 3. The van der Waals surface area contributed by atoms with Crippen molar-refractivity contribution in [2.45, 2.75) is 38.8 Å². The number of fused-ring (bicyclic) bond motifs is 1. The third-order valence-corrected chi connectivity index (χ3v) is 3.02. The minimum absolute atomic E-state index is 0.238. The van der Waals surface area contributed by atoms with Crippen molar-refractivity contribution in [2.75, 3.05) is 19.8 Å². The molecule has 7 heteroatoms. The van der Waals surface area contributed by atoms with E-state index in [1.807, 2.05) is 0 Å². The van der Waals surface area contributed by atoms with Crippen LogP contribution < -0.4 is 5.32 Å². The van der Waals surface area contributed by atoms with E-state index in [4.69, 9.17) is 4.74 Å². The summed E-state index contributed by atoms with van der Waals surface area (Å²) in [5.74, 6) is 1.76. The molecule has 0 radical (unpaired) electrons. The Morgan fingerprint density at radius 1 is 1.50 bits per heavy atom. The van der Waals surface area contributed by atoms with Crippen LogP contribution in [0.1, 0.15) is 31.0 Å². The topological polar surface area (TPSA) is 52.0 Å². The van der Waals surface area contributed by atoms with E-state index in [0.29, 0.717) is 6.42 Å². The highest BCUT2D eigenvalue weighted by Crippen LogP contribution is 2.19. The van der Waals surface area contributed by atoms with Gasteiger partial charge in [-0.1, -0.05) is 6.92 Å². The van der Waals surface area contributed by atoms with Crippen LogP contribution in [0.5, 0.6) is 0 Å². The Hall–Kier alpha value is -1.08. The Morgan fingerprint density at radius 2 is 2.33 bits per heavy atom. The second kappa shape index (κ2) is 6.19. The summed E-state index contributed by atoms with van der Waals surface area (Å²) < 4.78 is 30.7. The van der Waals surface area contributed by atoms with Crippen LogP contribution in [-0.2, 0) is 17.7 Å². The SMILES string of the molecule is CCC1NCCn2c(CCOCC(F)F)nnc21. The van der Waals surface area contributed by atoms with Gasteiger partial charge in [0.15, 0.2) is 0 Å². The predicted molar refractivity (Wildman–Crippen MR) is 61.6 cm³/mol. The Bertz CT molecular complexity index is 383. The first-order chi connectivity index (χ1) is 8.72. The number of hydrogen-bond acceptors (Lipinski definition) is 4. The van der Waals surface area contributed by atoms with E-state index in [0.717, 1.165) is 31.2 Å². The van der Waals surface area contributed by atoms with Crippen LogP contribution in [0, 0.1) is 0 Å². The minimum atomic E-state index is -2.41. The molecule has 2 heterocycles. The zero-order valence-electron chi connectivity index (χ0n) is 10.4. The standard InChI is InChI=1S/C11H18F2N4O/c1-2-8-11-16-15-10(17(11)5-4-14-8)3-6-18-7-9(12)13/h8-9,14H,2-7H2,1H3. The van der Waals surface area contributed by atoms with Crippen LogP contribution in [-0.4, -0.2) is 40.9 Å². The number of nitrogens with one attached hydrogen (secondary N) is 1. The molecule has 102 valence electrons. The molecule has 1 unspecified atom stereocenters. The Balaban J connectivity index is 1.92. The fourth-order valence-corrected chi connectivity index (χ4v) is 2.14. The molecular weight excluding hydrogens is 242 g/mol. The van der Waals surface area contributed by atoms with E-state index in [1.54, 1.807) is 0 Å². The van der Waals surface area contributed by atoms with Gasteiger partial charge in [-0.05, 0) is 6.42 Å². The molecule has 1 atom stereocenters. The Kier molecular flexibility index (Phi) is 4.60. The van der Waals surface area contributed by atoms with Crippen LogP contribution in [0.15, 0.2) is 0 Å². The average Bonchev–Trinajstić information content (AvgIpc) is 2.77. The number of rotatable bonds is 6. The van der Waals surface area contributed by atoms with Gasteiger partial charge in [0.25, 0.3) is 6.43 Å². The minimum Gasteiger partial charge on any atom is -0.375 e. The molecule has 0 spiro atoms. The van der Waals surface area contributed by atoms with Crippen molar-refractivity contribution in [2.24, 2.45) is 0 Å². The van der Waals surface area contributed by atoms with Gasteiger partial charge in [-0.15, -0.1) is 10.2 Å². The molecule has 0 amide bonds. The van der Waals surface area contributed by atoms with Crippen molar-refractivity contribution in [3.8, 4) is 0 Å². The fourth-order valence-electron chi connectivity index (χ4n) is 2.14. The zero-order valence-corrected chi connectivity index (χ0v) is 10.4. The lowest BCUT2D eigenvalue weighted by Gasteiger charge is -2.24. The number of alkyl halides is 2. The lowest BCUT2D eigenvalue weighted by Crippen LogP contribution is -2.34. The molecule has 18 heavy (non-hydrogen) atoms. The van der Waals surface area contributed by atoms with Crippen LogP contribution >= 0.6 is 0 Å². The smallest absolute Gasteiger partial charge is 0.261 e. The van der Waals surface area contributed by atoms with E-state index >= 15 is 0 Å². The van der Waals surface area contributed by atoms with Gasteiger partial charge in [0.05, 0.1) is 12.6 Å². The third-order valence-electron chi connectivity index (χ3n) is 3.02. The Labute approximate surface area is 105 Å². The number of hydrogen-bond donors (Lipinski definition) is 1. The van der Waals surface area contributed by atoms with Crippen molar-refractivity contribution in [3.63, 3.8) is 0 Å². The summed E-state index contributed by atoms with van der Waals surface area (Å²) in [5, 5.41) is 11.7. The van der Waals surface area contributed by atoms with Crippen molar-refractivity contribution in [3.05, 3.63) is 11.6 Å². The molecular formula is C11H18F2N4O. The lowest BCUT2D eigenvalue weighted by atomic mass is 10.2. The molecule has 0 aromatic carbocycles. The van der Waals surface area contributed by atoms with Crippen molar-refractivity contribution >= 4 is 0 Å². The summed E-state index contributed by atoms with van der Waals surface area (Å²) in [6.45, 7) is 3.54. The molecule has 0 saturated heterocycles. The van der Waals surface area contributed by atoms with Gasteiger partial charge in [-0.25, -0.2) is 8.78 Å². The summed E-state index contributed by atoms with van der Waals surface area (Å²) >= 11 is 0. The summed E-state index contributed by atoms with van der Waals surface area (Å²) in [6.07, 6.45) is -0.929. The van der Waals surface area contributed by atoms with E-state index in [9.17, 15) is 8.78 Å². The van der Waals surface area contributed by atoms with E-state index in [2.05, 4.69) is 27.0 Å². The largest absolute Gasteiger partial charge is 0.375 e. The summed E-state index contributed by atoms with van der Waals surface area (Å²) in [4.78, 5) is 0. The molecule has 0 fully saturated rings. The highest BCUT2D eigenvalue weighted by Gasteiger charge is 2.22. The summed E-state index contributed by atoms with van der Waals surface area (Å²) in [7, 11) is 0. The van der Waals surface area contributed by atoms with Gasteiger partial charge in [-0.3, -0.25) is 0 Å². The van der Waals surface area contributed by atoms with Gasteiger partial charge < -0.3 is 14.6 Å². The maximum Gasteiger partial charge on any atom is 0.261 e. The molecule has 5 nitrogen and oxygen atoms in total. The second-order valence-corrected chi connectivity index (χ2v) is 4.26. The molecule has 1 aromatic rings. The van der Waals surface area contributed by atoms with Crippen LogP contribution in [0.3, 0.4) is 0 Å². The molecule has 1 aliphatic rings. The molecule has 1 N–H and O–H groups in total. The van der Waals surface area contributed by atoms with E-state index < -0.39 is 13.0 Å². The van der Waals surface area contributed by atoms with Gasteiger partial charge in [0.2, 0.25) is 0 Å². The monoisotopic (exact) mass is 260 g/mol. The molecule has 0 bridgehead atoms. The molecule has 2 rings (SSSR count). The van der Waals surface area contributed by atoms with Crippen molar-refractivity contribution in [1.82, 2.24) is 20.1 Å². The van der Waals surface area contributed by atoms with Gasteiger partial charge in [0.1, 0.15) is 18.3 Å². The average molecular weight is 260 g/mol. The molecule has 1 aromatic heterocycles. The lowest BCUT2D eigenvalue weighted by molar-refractivity contribution is 0.0180. The van der Waals surface area contributed by atoms with Gasteiger partial charge in [-0.2, -0.15) is 0 Å². The molecule has 0 saturated carbocycles. The summed E-state index contributed by atoms with van der Waals surface area (Å²) in [5.41, 5.74) is 0. The van der Waals surface area contributed by atoms with Crippen molar-refractivity contribution in [1.29, 1.82) is 0 Å². The van der Waals surface area contributed by atoms with Gasteiger partial charge >= 0.3 is 0 Å². The molecule has 1 aliphatic heterocycles. The van der Waals surface area contributed by atoms with Crippen LogP contribution in [0.25, 0.3) is 0 Å². The highest BCUT2D eigenvalue weighted by atomic mass is 19.3. The van der Waals surface area contributed by atoms with Crippen LogP contribution in [0.4, 0.5) is 8.78 Å². The number of nitrogens with zero attached hydrogens (tertiary/aromatic N) is 3. The molecule has 0 aliphatic carbocycles. The maximum absolute atomic E-state index is 11.9. The predicted octanol–water partition coefficient (Wildman–Crippen LogP) is 1.16. The number of ether oxygens (including phenoxy) is 1. The van der Waals surface area contributed by atoms with Gasteiger partial charge in [0, 0.05) is 19.5 Å². The van der Waals surface area contributed by atoms with E-state index in [1.165, 1.54) is 0 Å². The zero-order chi connectivity index (χ0) is 13.0. The fraction of sp³-hybridized carbons (Fsp3) is 0.818. The van der Waals surface area contributed by atoms with Crippen molar-refractivity contribution < 1.29 is 13.5 Å².